The summed E-state index contributed by atoms with van der Waals surface area (Å²) in [5, 5.41) is 5.96. The molecular weight excluding hydrogens is 288 g/mol. The van der Waals surface area contributed by atoms with Crippen LogP contribution in [0.4, 0.5) is 5.69 Å². The van der Waals surface area contributed by atoms with Crippen molar-refractivity contribution in [1.29, 1.82) is 0 Å². The first kappa shape index (κ1) is 14.3. The van der Waals surface area contributed by atoms with Crippen LogP contribution in [0.25, 0.3) is 0 Å². The van der Waals surface area contributed by atoms with Crippen molar-refractivity contribution in [3.8, 4) is 0 Å². The van der Waals surface area contributed by atoms with Gasteiger partial charge in [0.25, 0.3) is 0 Å². The summed E-state index contributed by atoms with van der Waals surface area (Å²) in [5.74, 6) is 0.667. The first-order valence-electron chi connectivity index (χ1n) is 6.95. The SMILES string of the molecule is Cc1noc(C)c1N(C)C(=O)CC1OCCc2ccsc21. The molecule has 0 bridgehead atoms. The second-order valence-electron chi connectivity index (χ2n) is 5.25. The number of carbonyl (C=O) groups excluding carboxylic acids is 1. The van der Waals surface area contributed by atoms with Crippen LogP contribution in [0.1, 0.15) is 34.4 Å². The number of ether oxygens (including phenoxy) is 1. The lowest BCUT2D eigenvalue weighted by molar-refractivity contribution is -0.121. The van der Waals surface area contributed by atoms with Crippen molar-refractivity contribution in [2.24, 2.45) is 0 Å². The predicted molar refractivity (Wildman–Crippen MR) is 80.7 cm³/mol. The standard InChI is InChI=1S/C15H18N2O3S/c1-9-14(10(2)20-16-9)17(3)13(18)8-12-15-11(4-6-19-12)5-7-21-15/h5,7,12H,4,6,8H2,1-3H3. The highest BCUT2D eigenvalue weighted by Gasteiger charge is 2.27. The number of fused-ring (bicyclic) bond motifs is 1. The van der Waals surface area contributed by atoms with Crippen molar-refractivity contribution in [1.82, 2.24) is 5.16 Å². The van der Waals surface area contributed by atoms with Crippen LogP contribution in [-0.2, 0) is 16.0 Å². The van der Waals surface area contributed by atoms with Gasteiger partial charge in [-0.05, 0) is 37.3 Å². The van der Waals surface area contributed by atoms with Crippen molar-refractivity contribution >= 4 is 22.9 Å². The van der Waals surface area contributed by atoms with E-state index < -0.39 is 0 Å². The predicted octanol–water partition coefficient (Wildman–Crippen LogP) is 3.02. The van der Waals surface area contributed by atoms with Gasteiger partial charge in [0.2, 0.25) is 5.91 Å². The molecule has 2 aromatic rings. The second-order valence-corrected chi connectivity index (χ2v) is 6.20. The fourth-order valence-electron chi connectivity index (χ4n) is 2.75. The molecule has 2 aromatic heterocycles. The number of thiophene rings is 1. The van der Waals surface area contributed by atoms with Gasteiger partial charge in [0.05, 0.1) is 13.0 Å². The average Bonchev–Trinajstić information content (AvgIpc) is 3.06. The molecule has 3 heterocycles. The van der Waals surface area contributed by atoms with Gasteiger partial charge in [0.15, 0.2) is 5.76 Å². The van der Waals surface area contributed by atoms with Gasteiger partial charge in [-0.25, -0.2) is 0 Å². The molecule has 1 amide bonds. The van der Waals surface area contributed by atoms with Crippen LogP contribution in [0.15, 0.2) is 16.0 Å². The van der Waals surface area contributed by atoms with Crippen molar-refractivity contribution in [2.75, 3.05) is 18.6 Å². The minimum Gasteiger partial charge on any atom is -0.372 e. The van der Waals surface area contributed by atoms with E-state index in [4.69, 9.17) is 9.26 Å². The molecule has 0 N–H and O–H groups in total. The van der Waals surface area contributed by atoms with Crippen molar-refractivity contribution in [3.63, 3.8) is 0 Å². The number of nitrogens with zero attached hydrogens (tertiary/aromatic N) is 2. The smallest absolute Gasteiger partial charge is 0.229 e. The topological polar surface area (TPSA) is 55.6 Å². The van der Waals surface area contributed by atoms with E-state index in [-0.39, 0.29) is 12.0 Å². The summed E-state index contributed by atoms with van der Waals surface area (Å²) in [6.45, 7) is 4.33. The molecule has 3 rings (SSSR count). The molecule has 6 heteroatoms. The first-order valence-corrected chi connectivity index (χ1v) is 7.83. The Labute approximate surface area is 127 Å². The summed E-state index contributed by atoms with van der Waals surface area (Å²) >= 11 is 1.66. The quantitative estimate of drug-likeness (QED) is 0.874. The number of rotatable bonds is 3. The van der Waals surface area contributed by atoms with E-state index in [1.807, 2.05) is 13.8 Å². The molecule has 0 fully saturated rings. The Kier molecular flexibility index (Phi) is 3.82. The number of hydrogen-bond donors (Lipinski definition) is 0. The molecule has 112 valence electrons. The Bertz CT molecular complexity index is 642. The first-order chi connectivity index (χ1) is 10.1. The molecule has 21 heavy (non-hydrogen) atoms. The maximum atomic E-state index is 12.5. The fourth-order valence-corrected chi connectivity index (χ4v) is 3.76. The molecule has 0 saturated heterocycles. The minimum atomic E-state index is -0.135. The van der Waals surface area contributed by atoms with E-state index in [1.54, 1.807) is 23.3 Å². The summed E-state index contributed by atoms with van der Waals surface area (Å²) in [6.07, 6.45) is 1.14. The Morgan fingerprint density at radius 2 is 2.33 bits per heavy atom. The van der Waals surface area contributed by atoms with Gasteiger partial charge >= 0.3 is 0 Å². The number of aryl methyl sites for hydroxylation is 2. The maximum absolute atomic E-state index is 12.5. The molecule has 5 nitrogen and oxygen atoms in total. The third kappa shape index (κ3) is 2.61. The summed E-state index contributed by atoms with van der Waals surface area (Å²) in [6, 6.07) is 2.12. The molecule has 0 aromatic carbocycles. The summed E-state index contributed by atoms with van der Waals surface area (Å²) in [7, 11) is 1.76. The molecule has 0 radical (unpaired) electrons. The molecular formula is C15H18N2O3S. The number of anilines is 1. The van der Waals surface area contributed by atoms with Gasteiger partial charge < -0.3 is 14.2 Å². The van der Waals surface area contributed by atoms with Crippen LogP contribution >= 0.6 is 11.3 Å². The second kappa shape index (κ2) is 5.61. The van der Waals surface area contributed by atoms with Gasteiger partial charge in [-0.1, -0.05) is 5.16 Å². The third-order valence-electron chi connectivity index (χ3n) is 3.83. The highest BCUT2D eigenvalue weighted by molar-refractivity contribution is 7.10. The van der Waals surface area contributed by atoms with E-state index >= 15 is 0 Å². The molecule has 0 saturated carbocycles. The number of carbonyl (C=O) groups is 1. The van der Waals surface area contributed by atoms with Crippen molar-refractivity contribution in [3.05, 3.63) is 33.3 Å². The largest absolute Gasteiger partial charge is 0.372 e. The normalized spacial score (nSPS) is 17.6. The van der Waals surface area contributed by atoms with Crippen LogP contribution in [0, 0.1) is 13.8 Å². The lowest BCUT2D eigenvalue weighted by atomic mass is 10.0. The zero-order valence-corrected chi connectivity index (χ0v) is 13.2. The average molecular weight is 306 g/mol. The molecule has 1 aliphatic rings. The van der Waals surface area contributed by atoms with Gasteiger partial charge in [-0.15, -0.1) is 11.3 Å². The Morgan fingerprint density at radius 3 is 3.05 bits per heavy atom. The van der Waals surface area contributed by atoms with Crippen LogP contribution < -0.4 is 4.90 Å². The highest BCUT2D eigenvalue weighted by atomic mass is 32.1. The maximum Gasteiger partial charge on any atom is 0.229 e. The van der Waals surface area contributed by atoms with E-state index in [1.165, 1.54) is 10.4 Å². The monoisotopic (exact) mass is 306 g/mol. The van der Waals surface area contributed by atoms with E-state index in [2.05, 4.69) is 16.6 Å². The summed E-state index contributed by atoms with van der Waals surface area (Å²) < 4.78 is 10.9. The lowest BCUT2D eigenvalue weighted by Crippen LogP contribution is -2.30. The molecule has 1 unspecified atom stereocenters. The van der Waals surface area contributed by atoms with Gasteiger partial charge in [0, 0.05) is 11.9 Å². The van der Waals surface area contributed by atoms with E-state index in [0.717, 1.165) is 17.8 Å². The Morgan fingerprint density at radius 1 is 1.52 bits per heavy atom. The highest BCUT2D eigenvalue weighted by Crippen LogP contribution is 2.35. The Balaban J connectivity index is 1.76. The number of hydrogen-bond acceptors (Lipinski definition) is 5. The zero-order chi connectivity index (χ0) is 15.0. The Hall–Kier alpha value is -1.66. The van der Waals surface area contributed by atoms with Gasteiger partial charge in [-0.3, -0.25) is 4.79 Å². The van der Waals surface area contributed by atoms with E-state index in [0.29, 0.717) is 18.8 Å². The summed E-state index contributed by atoms with van der Waals surface area (Å²) in [4.78, 5) is 15.3. The fraction of sp³-hybridized carbons (Fsp3) is 0.467. The molecule has 1 atom stereocenters. The number of amides is 1. The van der Waals surface area contributed by atoms with E-state index in [9.17, 15) is 4.79 Å². The van der Waals surface area contributed by atoms with Crippen LogP contribution in [-0.4, -0.2) is 24.7 Å². The van der Waals surface area contributed by atoms with Crippen molar-refractivity contribution in [2.45, 2.75) is 32.8 Å². The van der Waals surface area contributed by atoms with Crippen molar-refractivity contribution < 1.29 is 14.1 Å². The van der Waals surface area contributed by atoms with Gasteiger partial charge in [-0.2, -0.15) is 0 Å². The molecule has 1 aliphatic heterocycles. The molecule has 0 spiro atoms. The number of aromatic nitrogens is 1. The van der Waals surface area contributed by atoms with Gasteiger partial charge in [0.1, 0.15) is 17.5 Å². The third-order valence-corrected chi connectivity index (χ3v) is 4.88. The zero-order valence-electron chi connectivity index (χ0n) is 12.4. The molecule has 0 aliphatic carbocycles. The van der Waals surface area contributed by atoms with Crippen LogP contribution in [0.2, 0.25) is 0 Å². The summed E-state index contributed by atoms with van der Waals surface area (Å²) in [5.41, 5.74) is 2.79. The minimum absolute atomic E-state index is 0.00986. The van der Waals surface area contributed by atoms with Crippen LogP contribution in [0.5, 0.6) is 0 Å². The lowest BCUT2D eigenvalue weighted by Gasteiger charge is -2.25. The van der Waals surface area contributed by atoms with Crippen LogP contribution in [0.3, 0.4) is 0 Å².